The van der Waals surface area contributed by atoms with Crippen LogP contribution in [0.1, 0.15) is 64.2 Å². The summed E-state index contributed by atoms with van der Waals surface area (Å²) in [6.07, 6.45) is 16.8. The van der Waals surface area contributed by atoms with Gasteiger partial charge in [-0.1, -0.05) is 57.6 Å². The molecule has 0 aromatic heterocycles. The molecule has 0 rings (SSSR count). The summed E-state index contributed by atoms with van der Waals surface area (Å²) in [5.41, 5.74) is 0. The van der Waals surface area contributed by atoms with Gasteiger partial charge in [0.05, 0.1) is 12.9 Å². The first-order valence-corrected chi connectivity index (χ1v) is 6.75. The van der Waals surface area contributed by atoms with Gasteiger partial charge in [-0.25, -0.2) is 0 Å². The van der Waals surface area contributed by atoms with E-state index in [-0.39, 0.29) is 0 Å². The van der Waals surface area contributed by atoms with Gasteiger partial charge in [-0.15, -0.1) is 6.58 Å². The Morgan fingerprint density at radius 1 is 0.688 bits per heavy atom. The summed E-state index contributed by atoms with van der Waals surface area (Å²) in [4.78, 5) is 0. The first kappa shape index (κ1) is 15.3. The molecule has 0 aromatic carbocycles. The van der Waals surface area contributed by atoms with Crippen LogP contribution in [0, 0.1) is 0 Å². The highest BCUT2D eigenvalue weighted by atomic mass is 16.5. The van der Waals surface area contributed by atoms with Gasteiger partial charge in [0.1, 0.15) is 0 Å². The van der Waals surface area contributed by atoms with Gasteiger partial charge in [-0.3, -0.25) is 0 Å². The van der Waals surface area contributed by atoms with Crippen LogP contribution < -0.4 is 0 Å². The Hall–Kier alpha value is -0.720. The SMILES string of the molecule is C=CCCCCCCCCCCCOC=C. The van der Waals surface area contributed by atoms with Crippen molar-refractivity contribution in [3.8, 4) is 0 Å². The second-order valence-electron chi connectivity index (χ2n) is 4.30. The summed E-state index contributed by atoms with van der Waals surface area (Å²) < 4.78 is 5.07. The molecule has 94 valence electrons. The molecule has 0 amide bonds. The fourth-order valence-electron chi connectivity index (χ4n) is 1.79. The van der Waals surface area contributed by atoms with Crippen molar-refractivity contribution in [3.05, 3.63) is 25.5 Å². The van der Waals surface area contributed by atoms with Crippen molar-refractivity contribution in [2.45, 2.75) is 64.2 Å². The molecule has 0 bridgehead atoms. The van der Waals surface area contributed by atoms with Crippen LogP contribution >= 0.6 is 0 Å². The lowest BCUT2D eigenvalue weighted by atomic mass is 10.1. The average Bonchev–Trinajstić information content (AvgIpc) is 2.31. The minimum Gasteiger partial charge on any atom is -0.502 e. The fourth-order valence-corrected chi connectivity index (χ4v) is 1.79. The summed E-state index contributed by atoms with van der Waals surface area (Å²) >= 11 is 0. The summed E-state index contributed by atoms with van der Waals surface area (Å²) in [6, 6.07) is 0. The van der Waals surface area contributed by atoms with Crippen molar-refractivity contribution in [2.75, 3.05) is 6.61 Å². The summed E-state index contributed by atoms with van der Waals surface area (Å²) in [5.74, 6) is 0. The average molecular weight is 224 g/mol. The largest absolute Gasteiger partial charge is 0.502 e. The maximum atomic E-state index is 5.07. The Balaban J connectivity index is 2.87. The number of ether oxygens (including phenoxy) is 1. The van der Waals surface area contributed by atoms with Gasteiger partial charge in [-0.2, -0.15) is 0 Å². The van der Waals surface area contributed by atoms with Gasteiger partial charge in [-0.05, 0) is 19.3 Å². The molecule has 1 heteroatoms. The number of hydrogen-bond donors (Lipinski definition) is 0. The highest BCUT2D eigenvalue weighted by Gasteiger charge is 1.92. The molecule has 0 N–H and O–H groups in total. The number of unbranched alkanes of at least 4 members (excludes halogenated alkanes) is 9. The normalized spacial score (nSPS) is 10.0. The number of allylic oxidation sites excluding steroid dienone is 1. The highest BCUT2D eigenvalue weighted by Crippen LogP contribution is 2.10. The zero-order chi connectivity index (χ0) is 11.9. The van der Waals surface area contributed by atoms with E-state index >= 15 is 0 Å². The quantitative estimate of drug-likeness (QED) is 0.236. The second-order valence-corrected chi connectivity index (χ2v) is 4.30. The standard InChI is InChI=1S/C15H28O/c1-3-5-6-7-8-9-10-11-12-13-14-15-16-4-2/h3-4H,1-2,5-15H2. The van der Waals surface area contributed by atoms with Gasteiger partial charge >= 0.3 is 0 Å². The molecule has 0 saturated heterocycles. The van der Waals surface area contributed by atoms with E-state index in [0.29, 0.717) is 0 Å². The van der Waals surface area contributed by atoms with E-state index < -0.39 is 0 Å². The van der Waals surface area contributed by atoms with E-state index in [1.54, 1.807) is 0 Å². The molecule has 0 radical (unpaired) electrons. The summed E-state index contributed by atoms with van der Waals surface area (Å²) in [6.45, 7) is 8.09. The van der Waals surface area contributed by atoms with Crippen molar-refractivity contribution in [2.24, 2.45) is 0 Å². The van der Waals surface area contributed by atoms with E-state index in [0.717, 1.165) is 6.61 Å². The van der Waals surface area contributed by atoms with Gasteiger partial charge in [0, 0.05) is 0 Å². The van der Waals surface area contributed by atoms with Crippen LogP contribution in [-0.2, 0) is 4.74 Å². The predicted molar refractivity (Wildman–Crippen MR) is 72.5 cm³/mol. The lowest BCUT2D eigenvalue weighted by Crippen LogP contribution is -1.87. The third-order valence-corrected chi connectivity index (χ3v) is 2.79. The van der Waals surface area contributed by atoms with Gasteiger partial charge < -0.3 is 4.74 Å². The summed E-state index contributed by atoms with van der Waals surface area (Å²) in [7, 11) is 0. The monoisotopic (exact) mass is 224 g/mol. The van der Waals surface area contributed by atoms with Crippen LogP contribution in [0.2, 0.25) is 0 Å². The Bertz CT molecular complexity index is 134. The van der Waals surface area contributed by atoms with Crippen LogP contribution in [0.25, 0.3) is 0 Å². The number of rotatable bonds is 13. The molecule has 0 aliphatic rings. The zero-order valence-electron chi connectivity index (χ0n) is 10.8. The first-order valence-electron chi connectivity index (χ1n) is 6.75. The highest BCUT2D eigenvalue weighted by molar-refractivity contribution is 4.65. The van der Waals surface area contributed by atoms with Crippen molar-refractivity contribution in [1.82, 2.24) is 0 Å². The fraction of sp³-hybridized carbons (Fsp3) is 0.733. The minimum atomic E-state index is 0.838. The van der Waals surface area contributed by atoms with Crippen LogP contribution in [-0.4, -0.2) is 6.61 Å². The molecule has 16 heavy (non-hydrogen) atoms. The predicted octanol–water partition coefficient (Wildman–Crippen LogP) is 5.23. The molecule has 0 spiro atoms. The van der Waals surface area contributed by atoms with Crippen molar-refractivity contribution < 1.29 is 4.74 Å². The number of hydrogen-bond acceptors (Lipinski definition) is 1. The smallest absolute Gasteiger partial charge is 0.0873 e. The lowest BCUT2D eigenvalue weighted by molar-refractivity contribution is 0.241. The Labute approximate surface area is 102 Å². The molecule has 0 fully saturated rings. The van der Waals surface area contributed by atoms with Crippen molar-refractivity contribution in [3.63, 3.8) is 0 Å². The zero-order valence-corrected chi connectivity index (χ0v) is 10.8. The minimum absolute atomic E-state index is 0.838. The van der Waals surface area contributed by atoms with Crippen LogP contribution in [0.5, 0.6) is 0 Å². The Kier molecular flexibility index (Phi) is 13.6. The van der Waals surface area contributed by atoms with E-state index in [4.69, 9.17) is 4.74 Å². The van der Waals surface area contributed by atoms with Crippen LogP contribution in [0.4, 0.5) is 0 Å². The lowest BCUT2D eigenvalue weighted by Gasteiger charge is -2.02. The van der Waals surface area contributed by atoms with Crippen molar-refractivity contribution >= 4 is 0 Å². The molecule has 0 atom stereocenters. The third-order valence-electron chi connectivity index (χ3n) is 2.79. The topological polar surface area (TPSA) is 9.23 Å². The molecule has 0 unspecified atom stereocenters. The Morgan fingerprint density at radius 2 is 1.19 bits per heavy atom. The molecule has 1 nitrogen and oxygen atoms in total. The Morgan fingerprint density at radius 3 is 1.69 bits per heavy atom. The summed E-state index contributed by atoms with van der Waals surface area (Å²) in [5, 5.41) is 0. The van der Waals surface area contributed by atoms with Crippen molar-refractivity contribution in [1.29, 1.82) is 0 Å². The molecule has 0 aromatic rings. The molecule has 0 aliphatic carbocycles. The van der Waals surface area contributed by atoms with E-state index in [1.807, 2.05) is 6.08 Å². The maximum absolute atomic E-state index is 5.07. The molecular weight excluding hydrogens is 196 g/mol. The van der Waals surface area contributed by atoms with Crippen LogP contribution in [0.3, 0.4) is 0 Å². The first-order chi connectivity index (χ1) is 7.91. The molecule has 0 heterocycles. The second kappa shape index (κ2) is 14.3. The van der Waals surface area contributed by atoms with E-state index in [1.165, 1.54) is 70.5 Å². The maximum Gasteiger partial charge on any atom is 0.0873 e. The van der Waals surface area contributed by atoms with E-state index in [9.17, 15) is 0 Å². The van der Waals surface area contributed by atoms with Gasteiger partial charge in [0.25, 0.3) is 0 Å². The molecule has 0 aliphatic heterocycles. The third kappa shape index (κ3) is 13.3. The molecular formula is C15H28O. The van der Waals surface area contributed by atoms with Gasteiger partial charge in [0.2, 0.25) is 0 Å². The van der Waals surface area contributed by atoms with Gasteiger partial charge in [0.15, 0.2) is 0 Å². The van der Waals surface area contributed by atoms with E-state index in [2.05, 4.69) is 13.2 Å². The molecule has 0 saturated carbocycles. The van der Waals surface area contributed by atoms with Crippen LogP contribution in [0.15, 0.2) is 25.5 Å².